The van der Waals surface area contributed by atoms with E-state index in [-0.39, 0.29) is 5.69 Å². The summed E-state index contributed by atoms with van der Waals surface area (Å²) in [6, 6.07) is 0. The van der Waals surface area contributed by atoms with Crippen LogP contribution in [-0.2, 0) is 0 Å². The second kappa shape index (κ2) is 3.12. The molecule has 0 aliphatic rings. The lowest BCUT2D eigenvalue weighted by Gasteiger charge is -2.05. The molecule has 2 heterocycles. The molecule has 4 nitrogen and oxygen atoms in total. The minimum absolute atomic E-state index is 0.107. The summed E-state index contributed by atoms with van der Waals surface area (Å²) in [5.74, 6) is -0.844. The second-order valence-corrected chi connectivity index (χ2v) is 3.50. The normalized spacial score (nSPS) is 10.9. The van der Waals surface area contributed by atoms with Crippen molar-refractivity contribution >= 4 is 5.65 Å². The summed E-state index contributed by atoms with van der Waals surface area (Å²) in [4.78, 5) is 15.5. The predicted octanol–water partition coefficient (Wildman–Crippen LogP) is 1.15. The number of hydrogen-bond acceptors (Lipinski definition) is 3. The van der Waals surface area contributed by atoms with Crippen molar-refractivity contribution in [3.05, 3.63) is 39.2 Å². The van der Waals surface area contributed by atoms with Gasteiger partial charge in [-0.3, -0.25) is 4.79 Å². The van der Waals surface area contributed by atoms with E-state index in [1.54, 1.807) is 0 Å². The highest BCUT2D eigenvalue weighted by Gasteiger charge is 2.11. The van der Waals surface area contributed by atoms with E-state index >= 15 is 0 Å². The Morgan fingerprint density at radius 1 is 1.33 bits per heavy atom. The van der Waals surface area contributed by atoms with Crippen LogP contribution >= 0.6 is 0 Å². The van der Waals surface area contributed by atoms with Crippen LogP contribution in [0.2, 0.25) is 0 Å². The Balaban J connectivity index is 3.06. The molecule has 0 unspecified atom stereocenters. The van der Waals surface area contributed by atoms with Gasteiger partial charge in [0.1, 0.15) is 0 Å². The summed E-state index contributed by atoms with van der Waals surface area (Å²) in [6.45, 7) is 5.17. The molecule has 5 heteroatoms. The largest absolute Gasteiger partial charge is 0.310 e. The molecule has 2 aromatic rings. The first-order chi connectivity index (χ1) is 7.02. The van der Waals surface area contributed by atoms with E-state index in [1.165, 1.54) is 13.1 Å². The monoisotopic (exact) mass is 207 g/mol. The third kappa shape index (κ3) is 1.31. The van der Waals surface area contributed by atoms with Gasteiger partial charge in [0.15, 0.2) is 5.65 Å². The molecule has 78 valence electrons. The van der Waals surface area contributed by atoms with Crippen molar-refractivity contribution in [2.24, 2.45) is 0 Å². The van der Waals surface area contributed by atoms with Crippen molar-refractivity contribution in [2.75, 3.05) is 0 Å². The van der Waals surface area contributed by atoms with Crippen LogP contribution in [0.4, 0.5) is 4.39 Å². The molecular weight excluding hydrogens is 197 g/mol. The summed E-state index contributed by atoms with van der Waals surface area (Å²) in [7, 11) is 0. The zero-order valence-electron chi connectivity index (χ0n) is 8.71. The molecule has 0 bridgehead atoms. The van der Waals surface area contributed by atoms with Crippen LogP contribution in [0, 0.1) is 26.6 Å². The number of rotatable bonds is 0. The van der Waals surface area contributed by atoms with Crippen LogP contribution in [0.1, 0.15) is 16.8 Å². The fourth-order valence-corrected chi connectivity index (χ4v) is 1.37. The summed E-state index contributed by atoms with van der Waals surface area (Å²) in [5.41, 5.74) is 1.54. The van der Waals surface area contributed by atoms with E-state index < -0.39 is 11.4 Å². The highest BCUT2D eigenvalue weighted by molar-refractivity contribution is 5.48. The van der Waals surface area contributed by atoms with Gasteiger partial charge in [-0.25, -0.2) is 4.98 Å². The Morgan fingerprint density at radius 3 is 2.67 bits per heavy atom. The number of fused-ring (bicyclic) bond motifs is 1. The van der Waals surface area contributed by atoms with Gasteiger partial charge >= 0.3 is 5.56 Å². The molecule has 0 saturated carbocycles. The van der Waals surface area contributed by atoms with Gasteiger partial charge < -0.3 is 0 Å². The molecule has 0 N–H and O–H groups in total. The molecule has 0 aliphatic heterocycles. The van der Waals surface area contributed by atoms with Gasteiger partial charge in [0.2, 0.25) is 5.82 Å². The molecule has 2 aromatic heterocycles. The Labute approximate surface area is 85.4 Å². The molecule has 15 heavy (non-hydrogen) atoms. The van der Waals surface area contributed by atoms with Gasteiger partial charge in [0.05, 0.1) is 11.9 Å². The first-order valence-corrected chi connectivity index (χ1v) is 4.53. The molecule has 0 aliphatic carbocycles. The number of halogens is 1. The third-order valence-corrected chi connectivity index (χ3v) is 2.47. The quantitative estimate of drug-likeness (QED) is 0.651. The maximum Gasteiger partial charge on any atom is 0.310 e. The minimum Gasteiger partial charge on any atom is -0.264 e. The highest BCUT2D eigenvalue weighted by atomic mass is 19.1. The first kappa shape index (κ1) is 9.76. The van der Waals surface area contributed by atoms with E-state index in [1.807, 2.05) is 13.8 Å². The fourth-order valence-electron chi connectivity index (χ4n) is 1.37. The van der Waals surface area contributed by atoms with Crippen LogP contribution < -0.4 is 5.56 Å². The Morgan fingerprint density at radius 2 is 2.00 bits per heavy atom. The zero-order chi connectivity index (χ0) is 11.2. The third-order valence-electron chi connectivity index (χ3n) is 2.47. The van der Waals surface area contributed by atoms with Crippen molar-refractivity contribution < 1.29 is 4.39 Å². The highest BCUT2D eigenvalue weighted by Crippen LogP contribution is 2.10. The van der Waals surface area contributed by atoms with Gasteiger partial charge in [-0.1, -0.05) is 0 Å². The molecule has 0 amide bonds. The van der Waals surface area contributed by atoms with E-state index in [9.17, 15) is 9.18 Å². The summed E-state index contributed by atoms with van der Waals surface area (Å²) in [6.07, 6.45) is 1.53. The van der Waals surface area contributed by atoms with Crippen molar-refractivity contribution in [3.63, 3.8) is 0 Å². The lowest BCUT2D eigenvalue weighted by atomic mass is 10.2. The van der Waals surface area contributed by atoms with E-state index in [0.717, 1.165) is 15.6 Å². The summed E-state index contributed by atoms with van der Waals surface area (Å²) < 4.78 is 14.2. The van der Waals surface area contributed by atoms with Gasteiger partial charge in [0.25, 0.3) is 0 Å². The summed E-state index contributed by atoms with van der Waals surface area (Å²) >= 11 is 0. The molecule has 0 saturated heterocycles. The maximum absolute atomic E-state index is 13.3. The number of nitrogens with zero attached hydrogens (tertiary/aromatic N) is 3. The van der Waals surface area contributed by atoms with E-state index in [0.29, 0.717) is 5.65 Å². The SMILES string of the molecule is Cc1cnn2c(=O)c(F)c(C)nc2c1C. The van der Waals surface area contributed by atoms with Crippen LogP contribution in [0.5, 0.6) is 0 Å². The van der Waals surface area contributed by atoms with Crippen molar-refractivity contribution in [2.45, 2.75) is 20.8 Å². The smallest absolute Gasteiger partial charge is 0.264 e. The van der Waals surface area contributed by atoms with E-state index in [4.69, 9.17) is 0 Å². The van der Waals surface area contributed by atoms with Crippen molar-refractivity contribution in [1.82, 2.24) is 14.6 Å². The van der Waals surface area contributed by atoms with Gasteiger partial charge in [-0.15, -0.1) is 0 Å². The number of aryl methyl sites for hydroxylation is 3. The molecule has 0 spiro atoms. The second-order valence-electron chi connectivity index (χ2n) is 3.50. The van der Waals surface area contributed by atoms with Gasteiger partial charge in [0, 0.05) is 0 Å². The standard InChI is InChI=1S/C10H10FN3O/c1-5-4-12-14-9(6(5)2)13-7(3)8(11)10(14)15/h4H,1-3H3. The molecular formula is C10H10FN3O. The summed E-state index contributed by atoms with van der Waals surface area (Å²) in [5, 5.41) is 3.84. The molecule has 2 rings (SSSR count). The Kier molecular flexibility index (Phi) is 2.03. The molecule has 0 fully saturated rings. The van der Waals surface area contributed by atoms with Crippen LogP contribution in [0.15, 0.2) is 11.0 Å². The maximum atomic E-state index is 13.3. The Bertz CT molecular complexity index is 604. The van der Waals surface area contributed by atoms with Crippen molar-refractivity contribution in [1.29, 1.82) is 0 Å². The fraction of sp³-hybridized carbons (Fsp3) is 0.300. The lowest BCUT2D eigenvalue weighted by Crippen LogP contribution is -2.23. The van der Waals surface area contributed by atoms with Crippen molar-refractivity contribution in [3.8, 4) is 0 Å². The number of hydrogen-bond donors (Lipinski definition) is 0. The topological polar surface area (TPSA) is 47.3 Å². The average Bonchev–Trinajstić information content (AvgIpc) is 2.21. The first-order valence-electron chi connectivity index (χ1n) is 4.53. The van der Waals surface area contributed by atoms with Gasteiger partial charge in [-0.05, 0) is 31.9 Å². The number of aromatic nitrogens is 3. The Hall–Kier alpha value is -1.78. The molecule has 0 atom stereocenters. The average molecular weight is 207 g/mol. The van der Waals surface area contributed by atoms with Crippen LogP contribution in [0.25, 0.3) is 5.65 Å². The molecule has 0 radical (unpaired) electrons. The van der Waals surface area contributed by atoms with Crippen LogP contribution in [-0.4, -0.2) is 14.6 Å². The minimum atomic E-state index is -0.844. The van der Waals surface area contributed by atoms with E-state index in [2.05, 4.69) is 10.1 Å². The van der Waals surface area contributed by atoms with Gasteiger partial charge in [-0.2, -0.15) is 14.0 Å². The predicted molar refractivity (Wildman–Crippen MR) is 53.4 cm³/mol. The molecule has 0 aromatic carbocycles. The lowest BCUT2D eigenvalue weighted by molar-refractivity contribution is 0.576. The zero-order valence-corrected chi connectivity index (χ0v) is 8.71. The van der Waals surface area contributed by atoms with Crippen LogP contribution in [0.3, 0.4) is 0 Å².